The number of aromatic nitrogens is 2. The Labute approximate surface area is 125 Å². The molecule has 2 atom stereocenters. The van der Waals surface area contributed by atoms with Crippen molar-refractivity contribution in [3.63, 3.8) is 0 Å². The summed E-state index contributed by atoms with van der Waals surface area (Å²) in [5, 5.41) is 17.4. The smallest absolute Gasteiger partial charge is 0.324 e. The minimum atomic E-state index is -0.714. The zero-order valence-electron chi connectivity index (χ0n) is 11.4. The van der Waals surface area contributed by atoms with E-state index in [4.69, 9.17) is 4.52 Å². The van der Waals surface area contributed by atoms with E-state index in [1.807, 2.05) is 21.7 Å². The van der Waals surface area contributed by atoms with Crippen LogP contribution in [-0.4, -0.2) is 38.2 Å². The van der Waals surface area contributed by atoms with Gasteiger partial charge in [0.1, 0.15) is 5.54 Å². The van der Waals surface area contributed by atoms with Gasteiger partial charge in [0.2, 0.25) is 0 Å². The molecule has 1 saturated heterocycles. The highest BCUT2D eigenvalue weighted by molar-refractivity contribution is 7.08. The van der Waals surface area contributed by atoms with Crippen LogP contribution < -0.4 is 0 Å². The maximum atomic E-state index is 11.6. The molecule has 2 aromatic rings. The third-order valence-electron chi connectivity index (χ3n) is 4.56. The SMILES string of the molecule is O=C(O)[C@]12C[C@H]1CCCN2Cc1noc(-c2ccsc2)n1. The highest BCUT2D eigenvalue weighted by atomic mass is 32.1. The number of carboxylic acid groups (broad SMARTS) is 1. The standard InChI is InChI=1S/C14H15N3O3S/c18-13(19)14-6-10(14)2-1-4-17(14)7-11-15-12(20-16-11)9-3-5-21-8-9/h3,5,8,10H,1-2,4,6-7H2,(H,18,19)/t10-,14+/m1/s1. The second kappa shape index (κ2) is 4.64. The van der Waals surface area contributed by atoms with Gasteiger partial charge >= 0.3 is 5.97 Å². The maximum Gasteiger partial charge on any atom is 0.324 e. The summed E-state index contributed by atoms with van der Waals surface area (Å²) in [4.78, 5) is 18.0. The number of carboxylic acids is 1. The van der Waals surface area contributed by atoms with E-state index in [0.717, 1.165) is 31.4 Å². The number of likely N-dealkylation sites (tertiary alicyclic amines) is 1. The van der Waals surface area contributed by atoms with Gasteiger partial charge in [-0.05, 0) is 43.2 Å². The summed E-state index contributed by atoms with van der Waals surface area (Å²) < 4.78 is 5.26. The van der Waals surface area contributed by atoms with Crippen molar-refractivity contribution >= 4 is 17.3 Å². The highest BCUT2D eigenvalue weighted by Gasteiger charge is 2.65. The number of hydrogen-bond donors (Lipinski definition) is 1. The Kier molecular flexibility index (Phi) is 2.87. The van der Waals surface area contributed by atoms with Gasteiger partial charge < -0.3 is 9.63 Å². The molecule has 2 aliphatic rings. The van der Waals surface area contributed by atoms with Crippen molar-refractivity contribution < 1.29 is 14.4 Å². The minimum Gasteiger partial charge on any atom is -0.480 e. The first-order valence-corrected chi connectivity index (χ1v) is 7.98. The van der Waals surface area contributed by atoms with Crippen molar-refractivity contribution in [2.75, 3.05) is 6.54 Å². The molecule has 21 heavy (non-hydrogen) atoms. The molecule has 1 aliphatic heterocycles. The lowest BCUT2D eigenvalue weighted by Crippen LogP contribution is -2.47. The van der Waals surface area contributed by atoms with E-state index >= 15 is 0 Å². The number of carbonyl (C=O) groups is 1. The number of rotatable bonds is 4. The van der Waals surface area contributed by atoms with Crippen LogP contribution >= 0.6 is 11.3 Å². The average molecular weight is 305 g/mol. The normalized spacial score (nSPS) is 28.3. The molecule has 0 spiro atoms. The number of fused-ring (bicyclic) bond motifs is 1. The van der Waals surface area contributed by atoms with Crippen LogP contribution in [0.3, 0.4) is 0 Å². The van der Waals surface area contributed by atoms with Gasteiger partial charge in [0.05, 0.1) is 12.1 Å². The van der Waals surface area contributed by atoms with Crippen molar-refractivity contribution in [3.8, 4) is 11.5 Å². The molecular formula is C14H15N3O3S. The van der Waals surface area contributed by atoms with E-state index in [1.165, 1.54) is 0 Å². The Bertz CT molecular complexity index is 669. The molecule has 7 heteroatoms. The van der Waals surface area contributed by atoms with Crippen molar-refractivity contribution in [1.82, 2.24) is 15.0 Å². The lowest BCUT2D eigenvalue weighted by atomic mass is 10.0. The van der Waals surface area contributed by atoms with Gasteiger partial charge in [0.25, 0.3) is 5.89 Å². The zero-order chi connectivity index (χ0) is 14.4. The fourth-order valence-corrected chi connectivity index (χ4v) is 4.01. The highest BCUT2D eigenvalue weighted by Crippen LogP contribution is 2.54. The second-order valence-electron chi connectivity index (χ2n) is 5.72. The lowest BCUT2D eigenvalue weighted by molar-refractivity contribution is -0.147. The van der Waals surface area contributed by atoms with Crippen molar-refractivity contribution in [1.29, 1.82) is 0 Å². The van der Waals surface area contributed by atoms with Crippen LogP contribution in [0.4, 0.5) is 0 Å². The van der Waals surface area contributed by atoms with Gasteiger partial charge in [-0.3, -0.25) is 9.69 Å². The quantitative estimate of drug-likeness (QED) is 0.933. The Morgan fingerprint density at radius 3 is 3.29 bits per heavy atom. The number of nitrogens with zero attached hydrogens (tertiary/aromatic N) is 3. The molecule has 6 nitrogen and oxygen atoms in total. The van der Waals surface area contributed by atoms with Crippen molar-refractivity contribution in [2.24, 2.45) is 5.92 Å². The summed E-state index contributed by atoms with van der Waals surface area (Å²) in [6.07, 6.45) is 2.79. The third-order valence-corrected chi connectivity index (χ3v) is 5.24. The van der Waals surface area contributed by atoms with E-state index < -0.39 is 11.5 Å². The first-order valence-electron chi connectivity index (χ1n) is 7.04. The Morgan fingerprint density at radius 1 is 1.62 bits per heavy atom. The molecule has 0 aromatic carbocycles. The van der Waals surface area contributed by atoms with E-state index in [2.05, 4.69) is 10.1 Å². The molecule has 1 saturated carbocycles. The van der Waals surface area contributed by atoms with Crippen LogP contribution in [0.2, 0.25) is 0 Å². The molecule has 1 N–H and O–H groups in total. The first kappa shape index (κ1) is 13.0. The van der Waals surface area contributed by atoms with Crippen LogP contribution in [0.1, 0.15) is 25.1 Å². The van der Waals surface area contributed by atoms with E-state index in [0.29, 0.717) is 18.3 Å². The summed E-state index contributed by atoms with van der Waals surface area (Å²) in [5.41, 5.74) is 0.233. The minimum absolute atomic E-state index is 0.284. The summed E-state index contributed by atoms with van der Waals surface area (Å²) in [6.45, 7) is 1.22. The Balaban J connectivity index is 1.54. The predicted molar refractivity (Wildman–Crippen MR) is 75.7 cm³/mol. The molecule has 0 amide bonds. The average Bonchev–Trinajstić information content (AvgIpc) is 2.84. The molecule has 4 rings (SSSR count). The topological polar surface area (TPSA) is 79.5 Å². The fraction of sp³-hybridized carbons (Fsp3) is 0.500. The number of piperidine rings is 1. The van der Waals surface area contributed by atoms with Gasteiger partial charge in [-0.2, -0.15) is 16.3 Å². The molecule has 1 aliphatic carbocycles. The lowest BCUT2D eigenvalue weighted by Gasteiger charge is -2.32. The van der Waals surface area contributed by atoms with E-state index in [-0.39, 0.29) is 5.92 Å². The summed E-state index contributed by atoms with van der Waals surface area (Å²) in [7, 11) is 0. The van der Waals surface area contributed by atoms with Gasteiger partial charge in [-0.1, -0.05) is 5.16 Å². The van der Waals surface area contributed by atoms with Crippen LogP contribution in [-0.2, 0) is 11.3 Å². The zero-order valence-corrected chi connectivity index (χ0v) is 12.2. The first-order chi connectivity index (χ1) is 10.2. The maximum absolute atomic E-state index is 11.6. The molecule has 0 bridgehead atoms. The van der Waals surface area contributed by atoms with E-state index in [1.54, 1.807) is 11.3 Å². The fourth-order valence-electron chi connectivity index (χ4n) is 3.38. The van der Waals surface area contributed by atoms with Crippen molar-refractivity contribution in [2.45, 2.75) is 31.3 Å². The monoisotopic (exact) mass is 305 g/mol. The van der Waals surface area contributed by atoms with Gasteiger partial charge in [0, 0.05) is 5.38 Å². The van der Waals surface area contributed by atoms with Crippen LogP contribution in [0, 0.1) is 5.92 Å². The van der Waals surface area contributed by atoms with Crippen LogP contribution in [0.5, 0.6) is 0 Å². The van der Waals surface area contributed by atoms with Crippen molar-refractivity contribution in [3.05, 3.63) is 22.7 Å². The molecule has 2 aromatic heterocycles. The number of aliphatic carboxylic acids is 1. The Morgan fingerprint density at radius 2 is 2.52 bits per heavy atom. The molecular weight excluding hydrogens is 290 g/mol. The van der Waals surface area contributed by atoms with Gasteiger partial charge in [-0.25, -0.2) is 0 Å². The third kappa shape index (κ3) is 1.99. The molecule has 2 fully saturated rings. The van der Waals surface area contributed by atoms with Gasteiger partial charge in [0.15, 0.2) is 5.82 Å². The van der Waals surface area contributed by atoms with Crippen LogP contribution in [0.25, 0.3) is 11.5 Å². The second-order valence-corrected chi connectivity index (χ2v) is 6.50. The van der Waals surface area contributed by atoms with Gasteiger partial charge in [-0.15, -0.1) is 0 Å². The predicted octanol–water partition coefficient (Wildman–Crippen LogP) is 2.24. The molecule has 0 unspecified atom stereocenters. The largest absolute Gasteiger partial charge is 0.480 e. The molecule has 3 heterocycles. The summed E-state index contributed by atoms with van der Waals surface area (Å²) in [5.74, 6) is 0.630. The Hall–Kier alpha value is -1.73. The van der Waals surface area contributed by atoms with E-state index in [9.17, 15) is 9.90 Å². The number of thiophene rings is 1. The summed E-state index contributed by atoms with van der Waals surface area (Å²) in [6, 6.07) is 1.93. The number of hydrogen-bond acceptors (Lipinski definition) is 6. The summed E-state index contributed by atoms with van der Waals surface area (Å²) >= 11 is 1.57. The molecule has 110 valence electrons. The van der Waals surface area contributed by atoms with Crippen LogP contribution in [0.15, 0.2) is 21.3 Å². The molecule has 0 radical (unpaired) electrons.